The van der Waals surface area contributed by atoms with Crippen LogP contribution in [0, 0.1) is 5.41 Å². The number of hydrogen-bond donors (Lipinski definition) is 2. The van der Waals surface area contributed by atoms with Gasteiger partial charge >= 0.3 is 12.0 Å². The summed E-state index contributed by atoms with van der Waals surface area (Å²) in [5, 5.41) is 5.37. The first-order valence-corrected chi connectivity index (χ1v) is 9.96. The summed E-state index contributed by atoms with van der Waals surface area (Å²) in [4.78, 5) is 40.6. The lowest BCUT2D eigenvalue weighted by Crippen LogP contribution is -2.42. The zero-order chi connectivity index (χ0) is 20.6. The van der Waals surface area contributed by atoms with Gasteiger partial charge < -0.3 is 10.1 Å². The van der Waals surface area contributed by atoms with E-state index in [1.54, 1.807) is 11.3 Å². The van der Waals surface area contributed by atoms with E-state index in [1.807, 2.05) is 38.1 Å². The predicted octanol–water partition coefficient (Wildman–Crippen LogP) is 3.20. The molecule has 2 rings (SSSR count). The van der Waals surface area contributed by atoms with E-state index in [1.165, 1.54) is 6.08 Å². The maximum absolute atomic E-state index is 12.8. The highest BCUT2D eigenvalue weighted by molar-refractivity contribution is 7.18. The zero-order valence-electron chi connectivity index (χ0n) is 16.1. The van der Waals surface area contributed by atoms with Crippen LogP contribution in [-0.4, -0.2) is 36.0 Å². The van der Waals surface area contributed by atoms with E-state index in [-0.39, 0.29) is 6.54 Å². The number of ether oxygens (including phenoxy) is 1. The molecule has 8 heteroatoms. The van der Waals surface area contributed by atoms with Crippen molar-refractivity contribution in [3.05, 3.63) is 41.9 Å². The number of esters is 1. The van der Waals surface area contributed by atoms with E-state index in [4.69, 9.17) is 4.74 Å². The Labute approximate surface area is 168 Å². The van der Waals surface area contributed by atoms with Crippen molar-refractivity contribution in [1.29, 1.82) is 0 Å². The third-order valence-corrected chi connectivity index (χ3v) is 5.65. The molecule has 28 heavy (non-hydrogen) atoms. The normalized spacial score (nSPS) is 11.1. The molecular weight excluding hydrogens is 378 g/mol. The van der Waals surface area contributed by atoms with Crippen LogP contribution in [0.5, 0.6) is 0 Å². The number of urea groups is 1. The number of imide groups is 1. The van der Waals surface area contributed by atoms with Crippen LogP contribution in [0.15, 0.2) is 36.9 Å². The van der Waals surface area contributed by atoms with E-state index >= 15 is 0 Å². The maximum Gasteiger partial charge on any atom is 0.321 e. The zero-order valence-corrected chi connectivity index (χ0v) is 16.9. The summed E-state index contributed by atoms with van der Waals surface area (Å²) >= 11 is 1.55. The van der Waals surface area contributed by atoms with E-state index in [9.17, 15) is 14.4 Å². The van der Waals surface area contributed by atoms with Crippen molar-refractivity contribution >= 4 is 39.5 Å². The van der Waals surface area contributed by atoms with Crippen LogP contribution >= 0.6 is 11.3 Å². The topological polar surface area (TPSA) is 97.4 Å². The number of benzene rings is 1. The monoisotopic (exact) mass is 403 g/mol. The number of aromatic nitrogens is 1. The first-order chi connectivity index (χ1) is 13.4. The van der Waals surface area contributed by atoms with Gasteiger partial charge in [0.2, 0.25) is 0 Å². The molecule has 0 fully saturated rings. The summed E-state index contributed by atoms with van der Waals surface area (Å²) in [6.07, 6.45) is 3.04. The van der Waals surface area contributed by atoms with Gasteiger partial charge in [-0.05, 0) is 25.0 Å². The first kappa shape index (κ1) is 21.6. The van der Waals surface area contributed by atoms with Crippen LogP contribution in [0.4, 0.5) is 4.79 Å². The molecule has 0 spiro atoms. The number of nitrogens with one attached hydrogen (secondary N) is 2. The van der Waals surface area contributed by atoms with Crippen LogP contribution in [-0.2, 0) is 20.7 Å². The molecule has 0 aliphatic heterocycles. The minimum absolute atomic E-state index is 0.232. The SMILES string of the molecule is C=CCNC(=O)NC(=O)COC(=O)C(CC)(CC)Cc1nc2ccccc2s1. The maximum atomic E-state index is 12.8. The molecule has 0 bridgehead atoms. The van der Waals surface area contributed by atoms with Crippen molar-refractivity contribution in [2.24, 2.45) is 5.41 Å². The minimum Gasteiger partial charge on any atom is -0.455 e. The number of carbonyl (C=O) groups is 3. The molecule has 0 saturated heterocycles. The molecule has 1 aromatic heterocycles. The highest BCUT2D eigenvalue weighted by Gasteiger charge is 2.38. The highest BCUT2D eigenvalue weighted by Crippen LogP contribution is 2.35. The Morgan fingerprint density at radius 2 is 1.96 bits per heavy atom. The van der Waals surface area contributed by atoms with Crippen LogP contribution in [0.1, 0.15) is 31.7 Å². The minimum atomic E-state index is -0.765. The number of thiazole rings is 1. The molecule has 7 nitrogen and oxygen atoms in total. The molecule has 0 radical (unpaired) electrons. The second kappa shape index (κ2) is 9.98. The Hall–Kier alpha value is -2.74. The molecule has 150 valence electrons. The molecule has 0 saturated carbocycles. The van der Waals surface area contributed by atoms with E-state index in [0.717, 1.165) is 15.2 Å². The Balaban J connectivity index is 2.00. The second-order valence-electron chi connectivity index (χ2n) is 6.36. The molecule has 0 atom stereocenters. The van der Waals surface area contributed by atoms with Gasteiger partial charge in [0.25, 0.3) is 5.91 Å². The van der Waals surface area contributed by atoms with Crippen molar-refractivity contribution in [2.45, 2.75) is 33.1 Å². The van der Waals surface area contributed by atoms with Gasteiger partial charge in [-0.25, -0.2) is 9.78 Å². The van der Waals surface area contributed by atoms with Crippen molar-refractivity contribution in [3.8, 4) is 0 Å². The standard InChI is InChI=1S/C20H25N3O4S/c1-4-11-21-19(26)23-16(24)13-27-18(25)20(5-2,6-3)12-17-22-14-9-7-8-10-15(14)28-17/h4,7-10H,1,5-6,11-13H2,2-3H3,(H2,21,23,24,26). The number of hydrogen-bond acceptors (Lipinski definition) is 6. The Morgan fingerprint density at radius 3 is 2.61 bits per heavy atom. The van der Waals surface area contributed by atoms with Crippen LogP contribution < -0.4 is 10.6 Å². The number of nitrogens with zero attached hydrogens (tertiary/aromatic N) is 1. The number of fused-ring (bicyclic) bond motifs is 1. The van der Waals surface area contributed by atoms with Gasteiger partial charge in [0, 0.05) is 13.0 Å². The molecule has 3 amide bonds. The van der Waals surface area contributed by atoms with Gasteiger partial charge in [0.05, 0.1) is 20.6 Å². The molecule has 2 aromatic rings. The van der Waals surface area contributed by atoms with Crippen LogP contribution in [0.2, 0.25) is 0 Å². The summed E-state index contributed by atoms with van der Waals surface area (Å²) in [5.41, 5.74) is 0.140. The fraction of sp³-hybridized carbons (Fsp3) is 0.400. The van der Waals surface area contributed by atoms with Gasteiger partial charge in [-0.2, -0.15) is 0 Å². The molecule has 1 aromatic carbocycles. The third kappa shape index (κ3) is 5.39. The van der Waals surface area contributed by atoms with Crippen molar-refractivity contribution in [3.63, 3.8) is 0 Å². The smallest absolute Gasteiger partial charge is 0.321 e. The Kier molecular flexibility index (Phi) is 7.69. The number of rotatable bonds is 9. The summed E-state index contributed by atoms with van der Waals surface area (Å²) in [6.45, 7) is 7.02. The van der Waals surface area contributed by atoms with E-state index < -0.39 is 29.9 Å². The largest absolute Gasteiger partial charge is 0.455 e. The first-order valence-electron chi connectivity index (χ1n) is 9.14. The molecule has 0 aliphatic rings. The molecule has 2 N–H and O–H groups in total. The molecule has 0 aliphatic carbocycles. The quantitative estimate of drug-likeness (QED) is 0.495. The summed E-state index contributed by atoms with van der Waals surface area (Å²) < 4.78 is 6.30. The van der Waals surface area contributed by atoms with Gasteiger partial charge in [-0.1, -0.05) is 32.1 Å². The lowest BCUT2D eigenvalue weighted by atomic mass is 9.79. The number of amides is 3. The summed E-state index contributed by atoms with van der Waals surface area (Å²) in [7, 11) is 0. The van der Waals surface area contributed by atoms with E-state index in [0.29, 0.717) is 19.3 Å². The Morgan fingerprint density at radius 1 is 1.25 bits per heavy atom. The van der Waals surface area contributed by atoms with Crippen molar-refractivity contribution < 1.29 is 19.1 Å². The second-order valence-corrected chi connectivity index (χ2v) is 7.48. The van der Waals surface area contributed by atoms with Gasteiger partial charge in [-0.3, -0.25) is 14.9 Å². The third-order valence-electron chi connectivity index (χ3n) is 4.61. The average Bonchev–Trinajstić information content (AvgIpc) is 3.11. The fourth-order valence-corrected chi connectivity index (χ4v) is 3.91. The lowest BCUT2D eigenvalue weighted by molar-refractivity contribution is -0.159. The molecular formula is C20H25N3O4S. The summed E-state index contributed by atoms with van der Waals surface area (Å²) in [5.74, 6) is -1.14. The van der Waals surface area contributed by atoms with Crippen LogP contribution in [0.25, 0.3) is 10.2 Å². The molecule has 1 heterocycles. The van der Waals surface area contributed by atoms with Crippen LogP contribution in [0.3, 0.4) is 0 Å². The number of carbonyl (C=O) groups excluding carboxylic acids is 3. The summed E-state index contributed by atoms with van der Waals surface area (Å²) in [6, 6.07) is 7.16. The van der Waals surface area contributed by atoms with Gasteiger partial charge in [0.1, 0.15) is 0 Å². The highest BCUT2D eigenvalue weighted by atomic mass is 32.1. The lowest BCUT2D eigenvalue weighted by Gasteiger charge is -2.28. The van der Waals surface area contributed by atoms with Crippen molar-refractivity contribution in [2.75, 3.05) is 13.2 Å². The van der Waals surface area contributed by atoms with Gasteiger partial charge in [-0.15, -0.1) is 17.9 Å². The average molecular weight is 404 g/mol. The number of para-hydroxylation sites is 1. The van der Waals surface area contributed by atoms with Crippen molar-refractivity contribution in [1.82, 2.24) is 15.6 Å². The predicted molar refractivity (Wildman–Crippen MR) is 109 cm³/mol. The molecule has 0 unspecified atom stereocenters. The fourth-order valence-electron chi connectivity index (χ4n) is 2.80. The van der Waals surface area contributed by atoms with Gasteiger partial charge in [0.15, 0.2) is 6.61 Å². The Bertz CT molecular complexity index is 825. The van der Waals surface area contributed by atoms with E-state index in [2.05, 4.69) is 22.2 Å².